The van der Waals surface area contributed by atoms with Crippen LogP contribution >= 0.6 is 11.3 Å². The Balaban J connectivity index is 1.84. The van der Waals surface area contributed by atoms with E-state index in [9.17, 15) is 0 Å². The average Bonchev–Trinajstić information content (AvgIpc) is 3.09. The number of hydrogen-bond acceptors (Lipinski definition) is 3. The number of fused-ring (bicyclic) bond motifs is 1. The molecule has 3 nitrogen and oxygen atoms in total. The molecule has 2 aromatic heterocycles. The third-order valence-electron chi connectivity index (χ3n) is 3.83. The van der Waals surface area contributed by atoms with Crippen LogP contribution in [0.2, 0.25) is 0 Å². The van der Waals surface area contributed by atoms with Crippen LogP contribution in [0.4, 0.5) is 0 Å². The molecule has 2 heterocycles. The minimum Gasteiger partial charge on any atom is -0.314 e. The molecule has 0 fully saturated rings. The molecule has 0 aliphatic carbocycles. The summed E-state index contributed by atoms with van der Waals surface area (Å²) in [5, 5.41) is 14.0. The van der Waals surface area contributed by atoms with Gasteiger partial charge in [0.2, 0.25) is 0 Å². The Bertz CT molecular complexity index is 700. The maximum Gasteiger partial charge on any atom is 0.0718 e. The van der Waals surface area contributed by atoms with E-state index >= 15 is 0 Å². The molecular formula is C17H21N3S. The van der Waals surface area contributed by atoms with Gasteiger partial charge in [-0.05, 0) is 41.4 Å². The van der Waals surface area contributed by atoms with Gasteiger partial charge in [-0.15, -0.1) is 0 Å². The van der Waals surface area contributed by atoms with Gasteiger partial charge in [-0.25, -0.2) is 0 Å². The number of rotatable bonds is 6. The lowest BCUT2D eigenvalue weighted by atomic mass is 10.0. The number of aromatic nitrogens is 2. The molecule has 0 saturated carbocycles. The lowest BCUT2D eigenvalue weighted by Crippen LogP contribution is -2.33. The molecule has 1 atom stereocenters. The summed E-state index contributed by atoms with van der Waals surface area (Å²) in [6, 6.07) is 11.1. The first-order valence-electron chi connectivity index (χ1n) is 7.43. The smallest absolute Gasteiger partial charge is 0.0718 e. The van der Waals surface area contributed by atoms with Crippen molar-refractivity contribution >= 4 is 22.2 Å². The van der Waals surface area contributed by atoms with E-state index < -0.39 is 0 Å². The van der Waals surface area contributed by atoms with Crippen LogP contribution in [0.1, 0.15) is 18.2 Å². The fraction of sp³-hybridized carbons (Fsp3) is 0.353. The van der Waals surface area contributed by atoms with Crippen molar-refractivity contribution in [2.45, 2.75) is 25.8 Å². The largest absolute Gasteiger partial charge is 0.314 e. The lowest BCUT2D eigenvalue weighted by Gasteiger charge is -2.16. The van der Waals surface area contributed by atoms with Crippen molar-refractivity contribution in [3.63, 3.8) is 0 Å². The van der Waals surface area contributed by atoms with E-state index in [1.165, 1.54) is 22.2 Å². The molecule has 0 aliphatic heterocycles. The van der Waals surface area contributed by atoms with Crippen LogP contribution in [0, 0.1) is 0 Å². The van der Waals surface area contributed by atoms with Gasteiger partial charge in [0.1, 0.15) is 0 Å². The fourth-order valence-electron chi connectivity index (χ4n) is 2.87. The summed E-state index contributed by atoms with van der Waals surface area (Å²) in [4.78, 5) is 0. The molecule has 0 bridgehead atoms. The molecule has 0 aliphatic rings. The quantitative estimate of drug-likeness (QED) is 0.756. The van der Waals surface area contributed by atoms with Gasteiger partial charge in [0.15, 0.2) is 0 Å². The third kappa shape index (κ3) is 3.17. The van der Waals surface area contributed by atoms with Gasteiger partial charge in [-0.3, -0.25) is 4.68 Å². The third-order valence-corrected chi connectivity index (χ3v) is 4.56. The van der Waals surface area contributed by atoms with Gasteiger partial charge < -0.3 is 5.32 Å². The van der Waals surface area contributed by atoms with Crippen LogP contribution in [0.3, 0.4) is 0 Å². The van der Waals surface area contributed by atoms with Crippen molar-refractivity contribution in [1.29, 1.82) is 0 Å². The molecule has 4 heteroatoms. The van der Waals surface area contributed by atoms with Crippen LogP contribution in [0.5, 0.6) is 0 Å². The monoisotopic (exact) mass is 299 g/mol. The zero-order chi connectivity index (χ0) is 14.7. The molecule has 3 rings (SSSR count). The number of thiophene rings is 1. The fourth-order valence-corrected chi connectivity index (χ4v) is 3.55. The maximum atomic E-state index is 4.72. The normalized spacial score (nSPS) is 12.9. The summed E-state index contributed by atoms with van der Waals surface area (Å²) in [6.45, 7) is 3.15. The van der Waals surface area contributed by atoms with Crippen molar-refractivity contribution in [2.24, 2.45) is 7.05 Å². The van der Waals surface area contributed by atoms with Gasteiger partial charge >= 0.3 is 0 Å². The standard InChI is InChI=1S/C17H21N3S/c1-3-18-14(10-13-8-9-21-12-13)11-16-15-6-4-5-7-17(15)20(2)19-16/h4-9,12,14,18H,3,10-11H2,1-2H3. The number of aryl methyl sites for hydroxylation is 1. The van der Waals surface area contributed by atoms with Crippen molar-refractivity contribution in [1.82, 2.24) is 15.1 Å². The van der Waals surface area contributed by atoms with E-state index in [4.69, 9.17) is 5.10 Å². The first-order valence-corrected chi connectivity index (χ1v) is 8.37. The predicted molar refractivity (Wildman–Crippen MR) is 89.9 cm³/mol. The van der Waals surface area contributed by atoms with Gasteiger partial charge in [-0.2, -0.15) is 16.4 Å². The van der Waals surface area contributed by atoms with Crippen molar-refractivity contribution in [3.05, 3.63) is 52.3 Å². The molecule has 21 heavy (non-hydrogen) atoms. The van der Waals surface area contributed by atoms with Gasteiger partial charge in [-0.1, -0.05) is 25.1 Å². The zero-order valence-corrected chi connectivity index (χ0v) is 13.4. The average molecular weight is 299 g/mol. The highest BCUT2D eigenvalue weighted by Gasteiger charge is 2.15. The number of hydrogen-bond donors (Lipinski definition) is 1. The second-order valence-corrected chi connectivity index (χ2v) is 6.16. The number of nitrogens with one attached hydrogen (secondary N) is 1. The predicted octanol–water partition coefficient (Wildman–Crippen LogP) is 3.40. The Kier molecular flexibility index (Phi) is 4.36. The first-order chi connectivity index (χ1) is 10.3. The second kappa shape index (κ2) is 6.41. The molecule has 1 N–H and O–H groups in total. The Morgan fingerprint density at radius 1 is 1.24 bits per heavy atom. The zero-order valence-electron chi connectivity index (χ0n) is 12.5. The summed E-state index contributed by atoms with van der Waals surface area (Å²) in [6.07, 6.45) is 2.02. The van der Waals surface area contributed by atoms with Crippen molar-refractivity contribution in [3.8, 4) is 0 Å². The Morgan fingerprint density at radius 2 is 2.10 bits per heavy atom. The number of likely N-dealkylation sites (N-methyl/N-ethyl adjacent to an activating group) is 1. The van der Waals surface area contributed by atoms with Crippen LogP contribution in [0.15, 0.2) is 41.1 Å². The van der Waals surface area contributed by atoms with E-state index in [0.717, 1.165) is 19.4 Å². The van der Waals surface area contributed by atoms with Gasteiger partial charge in [0, 0.05) is 24.9 Å². The molecule has 0 radical (unpaired) electrons. The highest BCUT2D eigenvalue weighted by Crippen LogP contribution is 2.20. The van der Waals surface area contributed by atoms with Gasteiger partial charge in [0.25, 0.3) is 0 Å². The van der Waals surface area contributed by atoms with Crippen molar-refractivity contribution in [2.75, 3.05) is 6.54 Å². The summed E-state index contributed by atoms with van der Waals surface area (Å²) in [5.41, 5.74) is 3.80. The molecule has 1 unspecified atom stereocenters. The van der Waals surface area contributed by atoms with Crippen LogP contribution in [-0.4, -0.2) is 22.4 Å². The number of nitrogens with zero attached hydrogens (tertiary/aromatic N) is 2. The second-order valence-electron chi connectivity index (χ2n) is 5.38. The Hall–Kier alpha value is -1.65. The van der Waals surface area contributed by atoms with Crippen LogP contribution < -0.4 is 5.32 Å². The van der Waals surface area contributed by atoms with E-state index in [1.807, 2.05) is 11.7 Å². The SMILES string of the molecule is CCNC(Cc1ccsc1)Cc1nn(C)c2ccccc12. The van der Waals surface area contributed by atoms with Gasteiger partial charge in [0.05, 0.1) is 11.2 Å². The minimum atomic E-state index is 0.433. The molecule has 0 spiro atoms. The number of benzene rings is 1. The van der Waals surface area contributed by atoms with Crippen molar-refractivity contribution < 1.29 is 0 Å². The van der Waals surface area contributed by atoms with E-state index in [1.54, 1.807) is 11.3 Å². The summed E-state index contributed by atoms with van der Waals surface area (Å²) >= 11 is 1.77. The Morgan fingerprint density at radius 3 is 2.86 bits per heavy atom. The summed E-state index contributed by atoms with van der Waals surface area (Å²) in [7, 11) is 2.02. The topological polar surface area (TPSA) is 29.9 Å². The lowest BCUT2D eigenvalue weighted by molar-refractivity contribution is 0.515. The molecule has 3 aromatic rings. The molecule has 0 amide bonds. The summed E-state index contributed by atoms with van der Waals surface area (Å²) in [5.74, 6) is 0. The summed E-state index contributed by atoms with van der Waals surface area (Å²) < 4.78 is 1.98. The highest BCUT2D eigenvalue weighted by molar-refractivity contribution is 7.07. The molecule has 0 saturated heterocycles. The van der Waals surface area contributed by atoms with E-state index in [0.29, 0.717) is 6.04 Å². The Labute approximate surface area is 129 Å². The maximum absolute atomic E-state index is 4.72. The highest BCUT2D eigenvalue weighted by atomic mass is 32.1. The van der Waals surface area contributed by atoms with Crippen LogP contribution in [-0.2, 0) is 19.9 Å². The molecule has 1 aromatic carbocycles. The number of para-hydroxylation sites is 1. The molecule has 110 valence electrons. The van der Waals surface area contributed by atoms with E-state index in [-0.39, 0.29) is 0 Å². The molecular weight excluding hydrogens is 278 g/mol. The minimum absolute atomic E-state index is 0.433. The van der Waals surface area contributed by atoms with Crippen LogP contribution in [0.25, 0.3) is 10.9 Å². The first kappa shape index (κ1) is 14.3. The van der Waals surface area contributed by atoms with E-state index in [2.05, 4.69) is 53.3 Å².